The van der Waals surface area contributed by atoms with Crippen molar-refractivity contribution in [2.75, 3.05) is 44.6 Å². The summed E-state index contributed by atoms with van der Waals surface area (Å²) >= 11 is 1.72. The SMILES string of the molecule is CCOC(C)c1nc(CN2CCN(Cc3cccc4c3NCC4)CC2)cs1. The van der Waals surface area contributed by atoms with Crippen LogP contribution in [0.1, 0.15) is 41.8 Å². The molecule has 146 valence electrons. The molecule has 0 aliphatic carbocycles. The van der Waals surface area contributed by atoms with E-state index < -0.39 is 0 Å². The normalized spacial score (nSPS) is 19.0. The lowest BCUT2D eigenvalue weighted by Crippen LogP contribution is -2.45. The number of fused-ring (bicyclic) bond motifs is 1. The highest BCUT2D eigenvalue weighted by Gasteiger charge is 2.21. The molecule has 2 aliphatic rings. The second-order valence-electron chi connectivity index (χ2n) is 7.45. The van der Waals surface area contributed by atoms with Gasteiger partial charge in [-0.2, -0.15) is 0 Å². The van der Waals surface area contributed by atoms with Crippen molar-refractivity contribution in [2.24, 2.45) is 0 Å². The maximum Gasteiger partial charge on any atom is 0.122 e. The van der Waals surface area contributed by atoms with Gasteiger partial charge in [0.05, 0.1) is 5.69 Å². The van der Waals surface area contributed by atoms with Gasteiger partial charge >= 0.3 is 0 Å². The van der Waals surface area contributed by atoms with Crippen LogP contribution in [0.2, 0.25) is 0 Å². The van der Waals surface area contributed by atoms with E-state index in [1.807, 2.05) is 6.92 Å². The van der Waals surface area contributed by atoms with Crippen LogP contribution in [0.15, 0.2) is 23.6 Å². The van der Waals surface area contributed by atoms with E-state index >= 15 is 0 Å². The molecule has 0 radical (unpaired) electrons. The average molecular weight is 387 g/mol. The predicted octanol–water partition coefficient (Wildman–Crippen LogP) is 3.53. The van der Waals surface area contributed by atoms with Crippen molar-refractivity contribution in [3.63, 3.8) is 0 Å². The number of benzene rings is 1. The summed E-state index contributed by atoms with van der Waals surface area (Å²) in [4.78, 5) is 9.88. The third kappa shape index (κ3) is 4.51. The van der Waals surface area contributed by atoms with E-state index in [0.29, 0.717) is 0 Å². The predicted molar refractivity (Wildman–Crippen MR) is 111 cm³/mol. The highest BCUT2D eigenvalue weighted by molar-refractivity contribution is 7.09. The molecule has 1 fully saturated rings. The lowest BCUT2D eigenvalue weighted by Gasteiger charge is -2.34. The Morgan fingerprint density at radius 1 is 1.19 bits per heavy atom. The van der Waals surface area contributed by atoms with E-state index in [0.717, 1.165) is 63.8 Å². The fraction of sp³-hybridized carbons (Fsp3) is 0.571. The fourth-order valence-electron chi connectivity index (χ4n) is 4.02. The van der Waals surface area contributed by atoms with Crippen LogP contribution in [0.4, 0.5) is 5.69 Å². The van der Waals surface area contributed by atoms with E-state index in [-0.39, 0.29) is 6.10 Å². The Morgan fingerprint density at radius 2 is 1.96 bits per heavy atom. The summed E-state index contributed by atoms with van der Waals surface area (Å²) in [6.45, 7) is 12.4. The van der Waals surface area contributed by atoms with Gasteiger partial charge in [-0.05, 0) is 31.4 Å². The van der Waals surface area contributed by atoms with Crippen molar-refractivity contribution in [2.45, 2.75) is 39.5 Å². The Labute approximate surface area is 166 Å². The zero-order chi connectivity index (χ0) is 18.6. The molecule has 0 saturated carbocycles. The summed E-state index contributed by atoms with van der Waals surface area (Å²) < 4.78 is 5.66. The van der Waals surface area contributed by atoms with E-state index in [1.54, 1.807) is 11.3 Å². The van der Waals surface area contributed by atoms with Gasteiger partial charge in [-0.3, -0.25) is 9.80 Å². The summed E-state index contributed by atoms with van der Waals surface area (Å²) in [5, 5.41) is 6.85. The lowest BCUT2D eigenvalue weighted by atomic mass is 10.1. The molecular formula is C21H30N4OS. The number of hydrogen-bond acceptors (Lipinski definition) is 6. The molecule has 3 heterocycles. The monoisotopic (exact) mass is 386 g/mol. The Morgan fingerprint density at radius 3 is 2.74 bits per heavy atom. The molecule has 1 unspecified atom stereocenters. The summed E-state index contributed by atoms with van der Waals surface area (Å²) in [5.41, 5.74) is 5.50. The smallest absolute Gasteiger partial charge is 0.122 e. The molecular weight excluding hydrogens is 356 g/mol. The molecule has 2 aromatic rings. The highest BCUT2D eigenvalue weighted by Crippen LogP contribution is 2.28. The van der Waals surface area contributed by atoms with Gasteiger partial charge in [0.2, 0.25) is 0 Å². The molecule has 1 saturated heterocycles. The van der Waals surface area contributed by atoms with Crippen molar-refractivity contribution < 1.29 is 4.74 Å². The summed E-state index contributed by atoms with van der Waals surface area (Å²) in [7, 11) is 0. The molecule has 0 amide bonds. The molecule has 4 rings (SSSR count). The molecule has 0 spiro atoms. The number of piperazine rings is 1. The van der Waals surface area contributed by atoms with Gasteiger partial charge in [0.25, 0.3) is 0 Å². The van der Waals surface area contributed by atoms with Gasteiger partial charge in [0, 0.05) is 63.5 Å². The summed E-state index contributed by atoms with van der Waals surface area (Å²) in [6.07, 6.45) is 1.26. The molecule has 27 heavy (non-hydrogen) atoms. The molecule has 1 aromatic heterocycles. The van der Waals surface area contributed by atoms with E-state index in [1.165, 1.54) is 22.5 Å². The lowest BCUT2D eigenvalue weighted by molar-refractivity contribution is 0.0758. The van der Waals surface area contributed by atoms with Crippen molar-refractivity contribution in [3.05, 3.63) is 45.4 Å². The maximum atomic E-state index is 5.66. The van der Waals surface area contributed by atoms with Crippen LogP contribution >= 0.6 is 11.3 Å². The van der Waals surface area contributed by atoms with Crippen LogP contribution in [0, 0.1) is 0 Å². The van der Waals surface area contributed by atoms with Crippen LogP contribution in [-0.4, -0.2) is 54.1 Å². The number of nitrogens with one attached hydrogen (secondary N) is 1. The van der Waals surface area contributed by atoms with Crippen LogP contribution < -0.4 is 5.32 Å². The Kier molecular flexibility index (Phi) is 6.08. The highest BCUT2D eigenvalue weighted by atomic mass is 32.1. The summed E-state index contributed by atoms with van der Waals surface area (Å²) in [5.74, 6) is 0. The second-order valence-corrected chi connectivity index (χ2v) is 8.34. The van der Waals surface area contributed by atoms with Crippen molar-refractivity contribution in [3.8, 4) is 0 Å². The first-order chi connectivity index (χ1) is 13.2. The molecule has 1 atom stereocenters. The fourth-order valence-corrected chi connectivity index (χ4v) is 4.84. The third-order valence-corrected chi connectivity index (χ3v) is 6.57. The van der Waals surface area contributed by atoms with Crippen LogP contribution in [0.5, 0.6) is 0 Å². The zero-order valence-corrected chi connectivity index (χ0v) is 17.2. The van der Waals surface area contributed by atoms with Crippen LogP contribution in [0.3, 0.4) is 0 Å². The van der Waals surface area contributed by atoms with Gasteiger partial charge in [-0.15, -0.1) is 11.3 Å². The molecule has 5 nitrogen and oxygen atoms in total. The summed E-state index contributed by atoms with van der Waals surface area (Å²) in [6, 6.07) is 6.74. The standard InChI is InChI=1S/C21H30N4OS/c1-3-26-16(2)21-23-19(15-27-21)14-25-11-9-24(10-12-25)13-18-6-4-5-17-7-8-22-20(17)18/h4-6,15-16,22H,3,7-14H2,1-2H3. The number of aromatic nitrogens is 1. The van der Waals surface area contributed by atoms with Crippen LogP contribution in [0.25, 0.3) is 0 Å². The van der Waals surface area contributed by atoms with Crippen molar-refractivity contribution in [1.29, 1.82) is 0 Å². The second kappa shape index (κ2) is 8.69. The number of rotatable bonds is 7. The van der Waals surface area contributed by atoms with Crippen molar-refractivity contribution >= 4 is 17.0 Å². The minimum atomic E-state index is 0.104. The number of nitrogens with zero attached hydrogens (tertiary/aromatic N) is 3. The van der Waals surface area contributed by atoms with Gasteiger partial charge in [0.15, 0.2) is 0 Å². The number of anilines is 1. The first-order valence-corrected chi connectivity index (χ1v) is 11.0. The average Bonchev–Trinajstić information content (AvgIpc) is 3.33. The first-order valence-electron chi connectivity index (χ1n) is 10.1. The zero-order valence-electron chi connectivity index (χ0n) is 16.4. The van der Waals surface area contributed by atoms with Crippen LogP contribution in [-0.2, 0) is 24.2 Å². The molecule has 2 aliphatic heterocycles. The maximum absolute atomic E-state index is 5.66. The Bertz CT molecular complexity index is 754. The van der Waals surface area contributed by atoms with E-state index in [2.05, 4.69) is 45.6 Å². The first kappa shape index (κ1) is 18.9. The Balaban J connectivity index is 1.28. The van der Waals surface area contributed by atoms with Gasteiger partial charge in [0.1, 0.15) is 11.1 Å². The van der Waals surface area contributed by atoms with E-state index in [9.17, 15) is 0 Å². The third-order valence-electron chi connectivity index (χ3n) is 5.51. The van der Waals surface area contributed by atoms with E-state index in [4.69, 9.17) is 9.72 Å². The number of thiazole rings is 1. The number of para-hydroxylation sites is 1. The van der Waals surface area contributed by atoms with Gasteiger partial charge in [-0.1, -0.05) is 18.2 Å². The molecule has 1 aromatic carbocycles. The number of ether oxygens (including phenoxy) is 1. The molecule has 0 bridgehead atoms. The Hall–Kier alpha value is -1.47. The molecule has 6 heteroatoms. The van der Waals surface area contributed by atoms with Gasteiger partial charge in [-0.25, -0.2) is 4.98 Å². The number of hydrogen-bond donors (Lipinski definition) is 1. The topological polar surface area (TPSA) is 40.6 Å². The largest absolute Gasteiger partial charge is 0.384 e. The minimum Gasteiger partial charge on any atom is -0.384 e. The molecule has 1 N–H and O–H groups in total. The quantitative estimate of drug-likeness (QED) is 0.788. The van der Waals surface area contributed by atoms with Crippen molar-refractivity contribution in [1.82, 2.24) is 14.8 Å². The van der Waals surface area contributed by atoms with Gasteiger partial charge < -0.3 is 10.1 Å². The minimum absolute atomic E-state index is 0.104.